The van der Waals surface area contributed by atoms with E-state index >= 15 is 0 Å². The van der Waals surface area contributed by atoms with Crippen LogP contribution in [0, 0.1) is 0 Å². The van der Waals surface area contributed by atoms with Gasteiger partial charge in [0, 0.05) is 16.5 Å². The monoisotopic (exact) mass is 348 g/mol. The average Bonchev–Trinajstić information content (AvgIpc) is 2.65. The van der Waals surface area contributed by atoms with Gasteiger partial charge < -0.3 is 0 Å². The molecule has 0 N–H and O–H groups in total. The largest absolute Gasteiger partial charge is 0.240 e. The first kappa shape index (κ1) is 11.2. The van der Waals surface area contributed by atoms with E-state index in [9.17, 15) is 0 Å². The molecule has 0 radical (unpaired) electrons. The van der Waals surface area contributed by atoms with Crippen molar-refractivity contribution < 1.29 is 0 Å². The molecule has 0 saturated carbocycles. The Morgan fingerprint density at radius 1 is 1.33 bits per heavy atom. The summed E-state index contributed by atoms with van der Waals surface area (Å²) in [6.07, 6.45) is 3.66. The molecule has 0 spiro atoms. The van der Waals surface area contributed by atoms with Crippen LogP contribution in [0.5, 0.6) is 0 Å². The molecule has 0 unspecified atom stereocenters. The third kappa shape index (κ3) is 2.44. The Labute approximate surface area is 109 Å². The van der Waals surface area contributed by atoms with Gasteiger partial charge in [0.1, 0.15) is 0 Å². The maximum absolute atomic E-state index is 5.77. The summed E-state index contributed by atoms with van der Waals surface area (Å²) in [5.41, 5.74) is 2.08. The minimum Gasteiger partial charge on any atom is -0.240 e. The van der Waals surface area contributed by atoms with Gasteiger partial charge in [-0.25, -0.2) is 4.68 Å². The van der Waals surface area contributed by atoms with Crippen LogP contribution < -0.4 is 0 Å². The molecule has 0 fully saturated rings. The van der Waals surface area contributed by atoms with Crippen molar-refractivity contribution in [1.82, 2.24) is 9.78 Å². The minimum atomic E-state index is 0.504. The molecule has 15 heavy (non-hydrogen) atoms. The van der Waals surface area contributed by atoms with Crippen LogP contribution in [0.3, 0.4) is 0 Å². The molecule has 0 aliphatic rings. The summed E-state index contributed by atoms with van der Waals surface area (Å²) in [4.78, 5) is 0. The number of benzene rings is 1. The summed E-state index contributed by atoms with van der Waals surface area (Å²) in [6.45, 7) is 0. The van der Waals surface area contributed by atoms with Crippen LogP contribution in [0.4, 0.5) is 0 Å². The summed E-state index contributed by atoms with van der Waals surface area (Å²) in [7, 11) is 0. The van der Waals surface area contributed by atoms with Gasteiger partial charge in [-0.1, -0.05) is 22.0 Å². The van der Waals surface area contributed by atoms with Gasteiger partial charge in [0.2, 0.25) is 0 Å². The van der Waals surface area contributed by atoms with Gasteiger partial charge in [-0.2, -0.15) is 5.10 Å². The molecule has 0 saturated heterocycles. The van der Waals surface area contributed by atoms with Gasteiger partial charge in [-0.05, 0) is 33.6 Å². The maximum atomic E-state index is 5.77. The zero-order chi connectivity index (χ0) is 10.8. The molecular weight excluding hydrogens is 343 g/mol. The van der Waals surface area contributed by atoms with Gasteiger partial charge in [0.25, 0.3) is 0 Å². The molecule has 78 valence electrons. The molecular formula is C10H7Br2ClN2. The molecule has 0 aliphatic carbocycles. The lowest BCUT2D eigenvalue weighted by Gasteiger charge is -2.04. The molecule has 2 nitrogen and oxygen atoms in total. The fraction of sp³-hybridized carbons (Fsp3) is 0.100. The van der Waals surface area contributed by atoms with E-state index in [0.29, 0.717) is 5.88 Å². The number of hydrogen-bond acceptors (Lipinski definition) is 1. The van der Waals surface area contributed by atoms with Crippen LogP contribution in [-0.2, 0) is 5.88 Å². The van der Waals surface area contributed by atoms with Crippen molar-refractivity contribution in [2.45, 2.75) is 5.88 Å². The molecule has 0 amide bonds. The highest BCUT2D eigenvalue weighted by Gasteiger charge is 2.03. The number of nitrogens with zero attached hydrogens (tertiary/aromatic N) is 2. The van der Waals surface area contributed by atoms with Crippen molar-refractivity contribution >= 4 is 43.5 Å². The molecule has 2 aromatic rings. The lowest BCUT2D eigenvalue weighted by Crippen LogP contribution is -1.94. The van der Waals surface area contributed by atoms with E-state index < -0.39 is 0 Å². The Kier molecular flexibility index (Phi) is 3.49. The van der Waals surface area contributed by atoms with Crippen molar-refractivity contribution in [2.75, 3.05) is 0 Å². The third-order valence-corrected chi connectivity index (χ3v) is 3.43. The predicted molar refractivity (Wildman–Crippen MR) is 68.5 cm³/mol. The van der Waals surface area contributed by atoms with Crippen molar-refractivity contribution in [3.05, 3.63) is 45.1 Å². The highest BCUT2D eigenvalue weighted by Crippen LogP contribution is 2.22. The van der Waals surface area contributed by atoms with Crippen LogP contribution in [0.15, 0.2) is 39.5 Å². The Morgan fingerprint density at radius 2 is 2.13 bits per heavy atom. The number of rotatable bonds is 2. The number of aromatic nitrogens is 2. The Balaban J connectivity index is 2.42. The Hall–Kier alpha value is -0.320. The first-order valence-corrected chi connectivity index (χ1v) is 6.37. The van der Waals surface area contributed by atoms with Crippen molar-refractivity contribution in [3.63, 3.8) is 0 Å². The van der Waals surface area contributed by atoms with Crippen molar-refractivity contribution in [1.29, 1.82) is 0 Å². The second-order valence-corrected chi connectivity index (χ2v) is 5.05. The second-order valence-electron chi connectivity index (χ2n) is 3.01. The Morgan fingerprint density at radius 3 is 2.67 bits per heavy atom. The molecule has 1 aromatic carbocycles. The first-order chi connectivity index (χ1) is 7.20. The number of hydrogen-bond donors (Lipinski definition) is 0. The molecule has 0 bridgehead atoms. The topological polar surface area (TPSA) is 17.8 Å². The van der Waals surface area contributed by atoms with E-state index in [0.717, 1.165) is 20.2 Å². The van der Waals surface area contributed by atoms with Gasteiger partial charge in [-0.15, -0.1) is 11.6 Å². The second kappa shape index (κ2) is 4.68. The molecule has 1 heterocycles. The fourth-order valence-corrected chi connectivity index (χ4v) is 2.42. The lowest BCUT2D eigenvalue weighted by molar-refractivity contribution is 0.879. The van der Waals surface area contributed by atoms with Crippen LogP contribution in [0.1, 0.15) is 5.56 Å². The molecule has 2 rings (SSSR count). The van der Waals surface area contributed by atoms with E-state index in [-0.39, 0.29) is 0 Å². The van der Waals surface area contributed by atoms with E-state index in [1.165, 1.54) is 0 Å². The summed E-state index contributed by atoms with van der Waals surface area (Å²) in [6, 6.07) is 5.97. The van der Waals surface area contributed by atoms with Crippen LogP contribution in [-0.4, -0.2) is 9.78 Å². The van der Waals surface area contributed by atoms with E-state index in [4.69, 9.17) is 11.6 Å². The van der Waals surface area contributed by atoms with Gasteiger partial charge >= 0.3 is 0 Å². The number of halogens is 3. The van der Waals surface area contributed by atoms with E-state index in [2.05, 4.69) is 37.0 Å². The highest BCUT2D eigenvalue weighted by atomic mass is 79.9. The van der Waals surface area contributed by atoms with Crippen LogP contribution in [0.2, 0.25) is 0 Å². The minimum absolute atomic E-state index is 0.504. The van der Waals surface area contributed by atoms with Crippen LogP contribution >= 0.6 is 43.5 Å². The summed E-state index contributed by atoms with van der Waals surface area (Å²) < 4.78 is 3.76. The van der Waals surface area contributed by atoms with Crippen molar-refractivity contribution in [2.24, 2.45) is 0 Å². The Bertz CT molecular complexity index is 482. The quantitative estimate of drug-likeness (QED) is 0.745. The zero-order valence-corrected chi connectivity index (χ0v) is 11.6. The van der Waals surface area contributed by atoms with E-state index in [1.54, 1.807) is 10.9 Å². The summed E-state index contributed by atoms with van der Waals surface area (Å²) in [5, 5.41) is 4.20. The lowest BCUT2D eigenvalue weighted by atomic mass is 10.2. The maximum Gasteiger partial charge on any atom is 0.0657 e. The predicted octanol–water partition coefficient (Wildman–Crippen LogP) is 4.14. The number of alkyl halides is 1. The third-order valence-electron chi connectivity index (χ3n) is 2.00. The molecule has 0 atom stereocenters. The van der Waals surface area contributed by atoms with Crippen LogP contribution in [0.25, 0.3) is 5.69 Å². The fourth-order valence-electron chi connectivity index (χ4n) is 1.23. The molecule has 0 aliphatic heterocycles. The SMILES string of the molecule is ClCc1ccc(-n2cc(Br)cn2)cc1Br. The van der Waals surface area contributed by atoms with Gasteiger partial charge in [-0.3, -0.25) is 0 Å². The average molecular weight is 350 g/mol. The standard InChI is InChI=1S/C10H7Br2ClN2/c11-8-5-14-15(6-8)9-2-1-7(4-13)10(12)3-9/h1-3,5-6H,4H2. The van der Waals surface area contributed by atoms with E-state index in [1.807, 2.05) is 24.4 Å². The van der Waals surface area contributed by atoms with Gasteiger partial charge in [0.15, 0.2) is 0 Å². The highest BCUT2D eigenvalue weighted by molar-refractivity contribution is 9.10. The van der Waals surface area contributed by atoms with Gasteiger partial charge in [0.05, 0.1) is 16.4 Å². The normalized spacial score (nSPS) is 10.6. The first-order valence-electron chi connectivity index (χ1n) is 4.25. The molecule has 5 heteroatoms. The molecule has 1 aromatic heterocycles. The smallest absolute Gasteiger partial charge is 0.0657 e. The van der Waals surface area contributed by atoms with Crippen molar-refractivity contribution in [3.8, 4) is 5.69 Å². The summed E-state index contributed by atoms with van der Waals surface area (Å²) >= 11 is 12.6. The summed E-state index contributed by atoms with van der Waals surface area (Å²) in [5.74, 6) is 0.504. The zero-order valence-electron chi connectivity index (χ0n) is 7.62.